The smallest absolute Gasteiger partial charge is 0.0193 e. The van der Waals surface area contributed by atoms with Crippen molar-refractivity contribution in [2.24, 2.45) is 11.7 Å². The van der Waals surface area contributed by atoms with Gasteiger partial charge < -0.3 is 5.73 Å². The Morgan fingerprint density at radius 2 is 2.18 bits per heavy atom. The van der Waals surface area contributed by atoms with Gasteiger partial charge in [0.25, 0.3) is 0 Å². The molecule has 1 heterocycles. The summed E-state index contributed by atoms with van der Waals surface area (Å²) in [6, 6.07) is 0. The maximum Gasteiger partial charge on any atom is 0.0193 e. The van der Waals surface area contributed by atoms with Crippen LogP contribution in [-0.2, 0) is 0 Å². The zero-order valence-electron chi connectivity index (χ0n) is 7.93. The first kappa shape index (κ1) is 9.01. The summed E-state index contributed by atoms with van der Waals surface area (Å²) < 4.78 is 0. The Labute approximate surface area is 69.8 Å². The van der Waals surface area contributed by atoms with Gasteiger partial charge in [-0.15, -0.1) is 0 Å². The minimum absolute atomic E-state index is 0.337. The van der Waals surface area contributed by atoms with Crippen LogP contribution in [0.1, 0.15) is 27.2 Å². The molecule has 0 aromatic heterocycles. The van der Waals surface area contributed by atoms with Crippen molar-refractivity contribution >= 4 is 0 Å². The molecule has 2 nitrogen and oxygen atoms in total. The highest BCUT2D eigenvalue weighted by atomic mass is 15.2. The zero-order valence-corrected chi connectivity index (χ0v) is 7.93. The van der Waals surface area contributed by atoms with E-state index in [1.807, 2.05) is 0 Å². The van der Waals surface area contributed by atoms with Crippen LogP contribution >= 0.6 is 0 Å². The highest BCUT2D eigenvalue weighted by molar-refractivity contribution is 4.94. The van der Waals surface area contributed by atoms with Crippen molar-refractivity contribution in [3.63, 3.8) is 0 Å². The molecule has 1 aliphatic heterocycles. The lowest BCUT2D eigenvalue weighted by molar-refractivity contribution is 0.148. The van der Waals surface area contributed by atoms with Crippen LogP contribution in [0.15, 0.2) is 0 Å². The molecule has 0 radical (unpaired) electrons. The number of hydrogen-bond acceptors (Lipinski definition) is 2. The second-order valence-electron chi connectivity index (χ2n) is 3.95. The quantitative estimate of drug-likeness (QED) is 0.648. The summed E-state index contributed by atoms with van der Waals surface area (Å²) in [6.45, 7) is 10.1. The van der Waals surface area contributed by atoms with Crippen LogP contribution in [-0.4, -0.2) is 30.1 Å². The van der Waals surface area contributed by atoms with E-state index in [9.17, 15) is 0 Å². The Balaban J connectivity index is 2.64. The zero-order chi connectivity index (χ0) is 8.48. The molecule has 2 N–H and O–H groups in total. The van der Waals surface area contributed by atoms with Crippen LogP contribution in [0.5, 0.6) is 0 Å². The average Bonchev–Trinajstić information content (AvgIpc) is 2.24. The van der Waals surface area contributed by atoms with E-state index in [4.69, 9.17) is 5.73 Å². The van der Waals surface area contributed by atoms with Crippen molar-refractivity contribution in [2.75, 3.05) is 19.6 Å². The van der Waals surface area contributed by atoms with E-state index in [0.717, 1.165) is 13.1 Å². The van der Waals surface area contributed by atoms with Gasteiger partial charge in [0.1, 0.15) is 0 Å². The van der Waals surface area contributed by atoms with Gasteiger partial charge in [0, 0.05) is 5.54 Å². The molecule has 0 aromatic carbocycles. The van der Waals surface area contributed by atoms with Crippen LogP contribution in [0, 0.1) is 5.92 Å². The number of likely N-dealkylation sites (tertiary alicyclic amines) is 1. The second-order valence-corrected chi connectivity index (χ2v) is 3.95. The Bertz CT molecular complexity index is 118. The van der Waals surface area contributed by atoms with E-state index in [2.05, 4.69) is 25.7 Å². The molecule has 2 heteroatoms. The molecule has 1 fully saturated rings. The molecule has 0 bridgehead atoms. The molecule has 1 saturated heterocycles. The largest absolute Gasteiger partial charge is 0.330 e. The molecule has 0 aromatic rings. The van der Waals surface area contributed by atoms with Crippen molar-refractivity contribution in [2.45, 2.75) is 32.7 Å². The van der Waals surface area contributed by atoms with Crippen molar-refractivity contribution in [3.8, 4) is 0 Å². The molecular weight excluding hydrogens is 136 g/mol. The van der Waals surface area contributed by atoms with E-state index in [1.54, 1.807) is 0 Å². The van der Waals surface area contributed by atoms with Gasteiger partial charge in [-0.3, -0.25) is 4.90 Å². The first-order chi connectivity index (χ1) is 5.12. The Morgan fingerprint density at radius 1 is 1.55 bits per heavy atom. The number of rotatable bonds is 2. The fourth-order valence-corrected chi connectivity index (χ4v) is 2.18. The monoisotopic (exact) mass is 156 g/mol. The molecule has 0 aliphatic carbocycles. The minimum atomic E-state index is 0.337. The van der Waals surface area contributed by atoms with Crippen LogP contribution in [0.2, 0.25) is 0 Å². The maximum absolute atomic E-state index is 5.70. The SMILES string of the molecule is CCN1CCC(CN)C1(C)C. The number of hydrogen-bond donors (Lipinski definition) is 1. The summed E-state index contributed by atoms with van der Waals surface area (Å²) in [5.74, 6) is 0.697. The molecule has 1 unspecified atom stereocenters. The van der Waals surface area contributed by atoms with E-state index < -0.39 is 0 Å². The third kappa shape index (κ3) is 1.42. The minimum Gasteiger partial charge on any atom is -0.330 e. The maximum atomic E-state index is 5.70. The van der Waals surface area contributed by atoms with Crippen molar-refractivity contribution in [3.05, 3.63) is 0 Å². The summed E-state index contributed by atoms with van der Waals surface area (Å²) in [7, 11) is 0. The molecule has 1 aliphatic rings. The van der Waals surface area contributed by atoms with Gasteiger partial charge in [-0.2, -0.15) is 0 Å². The van der Waals surface area contributed by atoms with E-state index in [1.165, 1.54) is 13.0 Å². The van der Waals surface area contributed by atoms with E-state index in [-0.39, 0.29) is 0 Å². The second kappa shape index (κ2) is 3.11. The Kier molecular flexibility index (Phi) is 2.55. The normalized spacial score (nSPS) is 31.1. The van der Waals surface area contributed by atoms with E-state index >= 15 is 0 Å². The van der Waals surface area contributed by atoms with Gasteiger partial charge in [-0.25, -0.2) is 0 Å². The molecule has 0 saturated carbocycles. The number of nitrogens with two attached hydrogens (primary N) is 1. The summed E-state index contributed by atoms with van der Waals surface area (Å²) >= 11 is 0. The fraction of sp³-hybridized carbons (Fsp3) is 1.00. The molecule has 66 valence electrons. The molecule has 1 rings (SSSR count). The average molecular weight is 156 g/mol. The highest BCUT2D eigenvalue weighted by Crippen LogP contribution is 2.32. The van der Waals surface area contributed by atoms with Gasteiger partial charge >= 0.3 is 0 Å². The van der Waals surface area contributed by atoms with Gasteiger partial charge in [0.05, 0.1) is 0 Å². The van der Waals surface area contributed by atoms with Crippen molar-refractivity contribution in [1.82, 2.24) is 4.90 Å². The lowest BCUT2D eigenvalue weighted by Crippen LogP contribution is -2.44. The van der Waals surface area contributed by atoms with Gasteiger partial charge in [-0.1, -0.05) is 6.92 Å². The molecule has 0 spiro atoms. The van der Waals surface area contributed by atoms with E-state index in [0.29, 0.717) is 11.5 Å². The topological polar surface area (TPSA) is 29.3 Å². The predicted octanol–water partition coefficient (Wildman–Crippen LogP) is 1.07. The first-order valence-corrected chi connectivity index (χ1v) is 4.58. The van der Waals surface area contributed by atoms with Crippen LogP contribution in [0.25, 0.3) is 0 Å². The fourth-order valence-electron chi connectivity index (χ4n) is 2.18. The molecule has 11 heavy (non-hydrogen) atoms. The standard InChI is InChI=1S/C9H20N2/c1-4-11-6-5-8(7-10)9(11,2)3/h8H,4-7,10H2,1-3H3. The van der Waals surface area contributed by atoms with Gasteiger partial charge in [0.2, 0.25) is 0 Å². The van der Waals surface area contributed by atoms with Crippen LogP contribution in [0.4, 0.5) is 0 Å². The first-order valence-electron chi connectivity index (χ1n) is 4.58. The Morgan fingerprint density at radius 3 is 2.45 bits per heavy atom. The highest BCUT2D eigenvalue weighted by Gasteiger charge is 2.38. The van der Waals surface area contributed by atoms with Crippen molar-refractivity contribution < 1.29 is 0 Å². The lowest BCUT2D eigenvalue weighted by Gasteiger charge is -2.34. The molecular formula is C9H20N2. The van der Waals surface area contributed by atoms with Gasteiger partial charge in [0.15, 0.2) is 0 Å². The van der Waals surface area contributed by atoms with Crippen LogP contribution in [0.3, 0.4) is 0 Å². The summed E-state index contributed by atoms with van der Waals surface area (Å²) in [4.78, 5) is 2.52. The molecule has 0 amide bonds. The predicted molar refractivity (Wildman–Crippen MR) is 48.5 cm³/mol. The lowest BCUT2D eigenvalue weighted by atomic mass is 9.89. The summed E-state index contributed by atoms with van der Waals surface area (Å²) in [5, 5.41) is 0. The third-order valence-electron chi connectivity index (χ3n) is 3.23. The Hall–Kier alpha value is -0.0800. The molecule has 1 atom stereocenters. The summed E-state index contributed by atoms with van der Waals surface area (Å²) in [5.41, 5.74) is 6.04. The van der Waals surface area contributed by atoms with Gasteiger partial charge in [-0.05, 0) is 45.8 Å². The van der Waals surface area contributed by atoms with Crippen molar-refractivity contribution in [1.29, 1.82) is 0 Å². The summed E-state index contributed by atoms with van der Waals surface area (Å²) in [6.07, 6.45) is 1.28. The third-order valence-corrected chi connectivity index (χ3v) is 3.23. The van der Waals surface area contributed by atoms with Crippen LogP contribution < -0.4 is 5.73 Å². The number of nitrogens with zero attached hydrogens (tertiary/aromatic N) is 1.